The summed E-state index contributed by atoms with van der Waals surface area (Å²) in [6, 6.07) is 10.9. The molecular formula is C18H18ClNO6S2. The van der Waals surface area contributed by atoms with Gasteiger partial charge in [0.1, 0.15) is 6.04 Å². The van der Waals surface area contributed by atoms with E-state index in [4.69, 9.17) is 11.6 Å². The van der Waals surface area contributed by atoms with Crippen molar-refractivity contribution in [1.29, 1.82) is 0 Å². The van der Waals surface area contributed by atoms with E-state index in [1.165, 1.54) is 48.5 Å². The number of benzene rings is 2. The van der Waals surface area contributed by atoms with Crippen LogP contribution < -0.4 is 4.31 Å². The van der Waals surface area contributed by atoms with Gasteiger partial charge in [-0.3, -0.25) is 9.59 Å². The Morgan fingerprint density at radius 2 is 1.50 bits per heavy atom. The van der Waals surface area contributed by atoms with Crippen LogP contribution in [0, 0.1) is 6.92 Å². The van der Waals surface area contributed by atoms with Gasteiger partial charge in [-0.1, -0.05) is 35.9 Å². The van der Waals surface area contributed by atoms with Crippen molar-refractivity contribution in [2.75, 3.05) is 10.2 Å². The van der Waals surface area contributed by atoms with Crippen molar-refractivity contribution in [3.8, 4) is 0 Å². The second-order valence-electron chi connectivity index (χ2n) is 5.95. The molecule has 0 saturated carbocycles. The van der Waals surface area contributed by atoms with Crippen LogP contribution in [0.15, 0.2) is 59.5 Å². The lowest BCUT2D eigenvalue weighted by Crippen LogP contribution is -2.48. The Kier molecular flexibility index (Phi) is 6.63. The number of Topliss-reactive ketones (excluding diaryl/α,β-unsaturated/α-hetero) is 2. The minimum Gasteiger partial charge on any atom is -0.289 e. The number of halogens is 1. The molecule has 28 heavy (non-hydrogen) atoms. The summed E-state index contributed by atoms with van der Waals surface area (Å²) in [4.78, 5) is 23.6. The Bertz CT molecular complexity index is 1080. The van der Waals surface area contributed by atoms with E-state index in [-0.39, 0.29) is 5.69 Å². The largest absolute Gasteiger partial charge is 0.346 e. The van der Waals surface area contributed by atoms with Gasteiger partial charge in [0, 0.05) is 0 Å². The van der Waals surface area contributed by atoms with E-state index in [0.29, 0.717) is 4.31 Å². The van der Waals surface area contributed by atoms with Crippen LogP contribution in [-0.4, -0.2) is 40.3 Å². The molecule has 1 atom stereocenters. The summed E-state index contributed by atoms with van der Waals surface area (Å²) in [5, 5.41) is 0. The molecule has 0 saturated heterocycles. The molecule has 0 bridgehead atoms. The molecule has 0 aliphatic carbocycles. The zero-order valence-electron chi connectivity index (χ0n) is 15.1. The summed E-state index contributed by atoms with van der Waals surface area (Å²) < 4.78 is 52.5. The van der Waals surface area contributed by atoms with Gasteiger partial charge < -0.3 is 0 Å². The Hall–Kier alpha value is -2.23. The van der Waals surface area contributed by atoms with Gasteiger partial charge in [0.15, 0.2) is 0 Å². The van der Waals surface area contributed by atoms with Crippen molar-refractivity contribution in [2.45, 2.75) is 24.8 Å². The number of alkyl halides is 1. The molecular weight excluding hydrogens is 426 g/mol. The van der Waals surface area contributed by atoms with Crippen LogP contribution in [0.2, 0.25) is 0 Å². The highest BCUT2D eigenvalue weighted by molar-refractivity contribution is 8.67. The number of para-hydroxylation sites is 1. The second kappa shape index (κ2) is 8.42. The fraction of sp³-hybridized carbons (Fsp3) is 0.222. The van der Waals surface area contributed by atoms with Gasteiger partial charge >= 0.3 is 17.9 Å². The molecule has 0 amide bonds. The van der Waals surface area contributed by atoms with Crippen molar-refractivity contribution in [2.24, 2.45) is 0 Å². The number of hydrogen-bond acceptors (Lipinski definition) is 6. The molecule has 0 aliphatic rings. The number of carbonyl (C=O) groups excluding carboxylic acids is 2. The van der Waals surface area contributed by atoms with E-state index < -0.39 is 46.3 Å². The number of carbonyl (C=O) groups is 2. The van der Waals surface area contributed by atoms with E-state index >= 15 is 0 Å². The van der Waals surface area contributed by atoms with Crippen LogP contribution in [0.4, 0.5) is 5.69 Å². The Labute approximate surface area is 168 Å². The average molecular weight is 444 g/mol. The van der Waals surface area contributed by atoms with Crippen molar-refractivity contribution >= 4 is 46.8 Å². The number of rotatable bonds is 8. The van der Waals surface area contributed by atoms with Gasteiger partial charge in [-0.2, -0.15) is 8.42 Å². The van der Waals surface area contributed by atoms with Gasteiger partial charge in [-0.25, -0.2) is 12.7 Å². The van der Waals surface area contributed by atoms with Gasteiger partial charge in [-0.05, 0) is 38.1 Å². The predicted octanol–water partition coefficient (Wildman–Crippen LogP) is 2.29. The average Bonchev–Trinajstić information content (AvgIpc) is 2.67. The summed E-state index contributed by atoms with van der Waals surface area (Å²) in [7, 11) is -10.0. The first-order valence-electron chi connectivity index (χ1n) is 8.08. The van der Waals surface area contributed by atoms with E-state index in [0.717, 1.165) is 12.5 Å². The van der Waals surface area contributed by atoms with Crippen molar-refractivity contribution < 1.29 is 26.4 Å². The van der Waals surface area contributed by atoms with Gasteiger partial charge in [-0.15, -0.1) is 11.6 Å². The third-order valence-electron chi connectivity index (χ3n) is 3.97. The monoisotopic (exact) mass is 443 g/mol. The molecule has 2 rings (SSSR count). The zero-order chi connectivity index (χ0) is 21.1. The molecule has 0 N–H and O–H groups in total. The summed E-state index contributed by atoms with van der Waals surface area (Å²) in [6.07, 6.45) is 0. The Morgan fingerprint density at radius 1 is 0.964 bits per heavy atom. The highest BCUT2D eigenvalue weighted by Crippen LogP contribution is 2.29. The standard InChI is InChI=1S/C18H18ClNO6S2/c1-13-8-10-16(11-9-13)27(23,24)28(25,26)20(15-6-4-3-5-7-15)14(2)18(22)17(21)12-19/h3-11,14H,12H2,1-2H3/t14-/m0/s1. The first-order valence-corrected chi connectivity index (χ1v) is 12.1. The molecule has 2 aromatic carbocycles. The minimum atomic E-state index is -5.12. The highest BCUT2D eigenvalue weighted by Gasteiger charge is 2.43. The van der Waals surface area contributed by atoms with Crippen LogP contribution >= 0.6 is 11.6 Å². The Balaban J connectivity index is 2.66. The molecule has 7 nitrogen and oxygen atoms in total. The normalized spacial score (nSPS) is 13.0. The maximum absolute atomic E-state index is 13.1. The molecule has 10 heteroatoms. The molecule has 0 unspecified atom stereocenters. The lowest BCUT2D eigenvalue weighted by Gasteiger charge is -2.28. The smallest absolute Gasteiger partial charge is 0.289 e. The molecule has 0 aromatic heterocycles. The quantitative estimate of drug-likeness (QED) is 0.352. The maximum Gasteiger partial charge on any atom is 0.346 e. The fourth-order valence-corrected chi connectivity index (χ4v) is 6.72. The van der Waals surface area contributed by atoms with E-state index in [2.05, 4.69) is 0 Å². The maximum atomic E-state index is 13.1. The topological polar surface area (TPSA) is 106 Å². The number of hydrogen-bond donors (Lipinski definition) is 0. The molecule has 0 aliphatic heterocycles. The summed E-state index contributed by atoms with van der Waals surface area (Å²) in [5.74, 6) is -2.77. The van der Waals surface area contributed by atoms with Crippen LogP contribution in [-0.2, 0) is 27.5 Å². The van der Waals surface area contributed by atoms with Crippen LogP contribution in [0.5, 0.6) is 0 Å². The van der Waals surface area contributed by atoms with Gasteiger partial charge in [0.25, 0.3) is 0 Å². The molecule has 0 radical (unpaired) electrons. The zero-order valence-corrected chi connectivity index (χ0v) is 17.5. The third kappa shape index (κ3) is 4.11. The minimum absolute atomic E-state index is 0.0681. The third-order valence-corrected chi connectivity index (χ3v) is 9.34. The SMILES string of the molecule is Cc1ccc(S(=O)(=O)S(=O)(=O)N(c2ccccc2)[C@@H](C)C(=O)C(=O)CCl)cc1. The van der Waals surface area contributed by atoms with Crippen LogP contribution in [0.3, 0.4) is 0 Å². The highest BCUT2D eigenvalue weighted by atomic mass is 35.5. The van der Waals surface area contributed by atoms with Crippen molar-refractivity contribution in [3.63, 3.8) is 0 Å². The van der Waals surface area contributed by atoms with Crippen LogP contribution in [0.25, 0.3) is 0 Å². The van der Waals surface area contributed by atoms with Crippen molar-refractivity contribution in [1.82, 2.24) is 0 Å². The fourth-order valence-electron chi connectivity index (χ4n) is 2.46. The lowest BCUT2D eigenvalue weighted by atomic mass is 10.1. The Morgan fingerprint density at radius 3 is 2.00 bits per heavy atom. The van der Waals surface area contributed by atoms with Crippen molar-refractivity contribution in [3.05, 3.63) is 60.2 Å². The van der Waals surface area contributed by atoms with Gasteiger partial charge in [0.2, 0.25) is 11.6 Å². The number of anilines is 1. The molecule has 0 fully saturated rings. The van der Waals surface area contributed by atoms with E-state index in [1.807, 2.05) is 0 Å². The molecule has 0 spiro atoms. The summed E-state index contributed by atoms with van der Waals surface area (Å²) >= 11 is 5.40. The number of ketones is 2. The van der Waals surface area contributed by atoms with Crippen LogP contribution in [0.1, 0.15) is 12.5 Å². The number of nitrogens with zero attached hydrogens (tertiary/aromatic N) is 1. The van der Waals surface area contributed by atoms with E-state index in [9.17, 15) is 26.4 Å². The first kappa shape index (κ1) is 22.1. The molecule has 150 valence electrons. The first-order chi connectivity index (χ1) is 13.0. The lowest BCUT2D eigenvalue weighted by molar-refractivity contribution is -0.135. The second-order valence-corrected chi connectivity index (χ2v) is 11.4. The number of aryl methyl sites for hydroxylation is 1. The van der Waals surface area contributed by atoms with Gasteiger partial charge in [0.05, 0.1) is 16.5 Å². The van der Waals surface area contributed by atoms with E-state index in [1.54, 1.807) is 13.0 Å². The molecule has 0 heterocycles. The molecule has 2 aromatic rings. The summed E-state index contributed by atoms with van der Waals surface area (Å²) in [5.41, 5.74) is 0.675. The summed E-state index contributed by atoms with van der Waals surface area (Å²) in [6.45, 7) is 2.86. The predicted molar refractivity (Wildman–Crippen MR) is 106 cm³/mol.